The number of anilines is 2. The summed E-state index contributed by atoms with van der Waals surface area (Å²) in [4.78, 5) is 25.4. The number of nitrogens with zero attached hydrogens (tertiary/aromatic N) is 4. The fourth-order valence-electron chi connectivity index (χ4n) is 3.00. The van der Waals surface area contributed by atoms with Crippen LogP contribution in [0.1, 0.15) is 22.8 Å². The molecule has 1 aliphatic heterocycles. The van der Waals surface area contributed by atoms with Gasteiger partial charge in [0.05, 0.1) is 18.4 Å². The molecule has 1 aromatic heterocycles. The van der Waals surface area contributed by atoms with E-state index in [4.69, 9.17) is 16.3 Å². The maximum Gasteiger partial charge on any atom is 0.257 e. The first-order valence-corrected chi connectivity index (χ1v) is 9.34. The number of amides is 1. The Hall–Kier alpha value is -2.38. The molecule has 1 fully saturated rings. The second-order valence-electron chi connectivity index (χ2n) is 6.45. The van der Waals surface area contributed by atoms with Gasteiger partial charge < -0.3 is 19.9 Å². The van der Waals surface area contributed by atoms with Crippen LogP contribution in [0.25, 0.3) is 0 Å². The van der Waals surface area contributed by atoms with Crippen LogP contribution in [0.4, 0.5) is 11.6 Å². The molecule has 1 aromatic carbocycles. The van der Waals surface area contributed by atoms with E-state index in [-0.39, 0.29) is 5.91 Å². The van der Waals surface area contributed by atoms with Crippen LogP contribution in [-0.4, -0.2) is 65.5 Å². The molecule has 2 heterocycles. The fourth-order valence-corrected chi connectivity index (χ4v) is 3.16. The minimum atomic E-state index is -0.0304. The van der Waals surface area contributed by atoms with Crippen LogP contribution in [0.15, 0.2) is 24.5 Å². The monoisotopic (exact) mass is 389 g/mol. The standard InChI is InChI=1S/C19H24ClN5O2/c1-4-24-5-7-25(8-6-24)18(26)14-11-21-19(22-12-14)23-16-9-13(2)15(20)10-17(16)27-3/h9-12H,4-8H2,1-3H3,(H,21,22,23). The quantitative estimate of drug-likeness (QED) is 0.847. The molecule has 0 atom stereocenters. The van der Waals surface area contributed by atoms with Crippen LogP contribution >= 0.6 is 11.6 Å². The zero-order valence-electron chi connectivity index (χ0n) is 15.8. The number of rotatable bonds is 5. The maximum atomic E-state index is 12.6. The maximum absolute atomic E-state index is 12.6. The van der Waals surface area contributed by atoms with Gasteiger partial charge in [-0.15, -0.1) is 0 Å². The predicted molar refractivity (Wildman–Crippen MR) is 106 cm³/mol. The van der Waals surface area contributed by atoms with E-state index in [9.17, 15) is 4.79 Å². The van der Waals surface area contributed by atoms with Crippen molar-refractivity contribution in [3.8, 4) is 5.75 Å². The number of halogens is 1. The van der Waals surface area contributed by atoms with Crippen LogP contribution in [0.2, 0.25) is 5.02 Å². The van der Waals surface area contributed by atoms with Gasteiger partial charge in [-0.2, -0.15) is 0 Å². The number of hydrogen-bond donors (Lipinski definition) is 1. The summed E-state index contributed by atoms with van der Waals surface area (Å²) in [5.74, 6) is 0.961. The lowest BCUT2D eigenvalue weighted by molar-refractivity contribution is 0.0642. The Labute approximate surface area is 164 Å². The van der Waals surface area contributed by atoms with E-state index in [0.29, 0.717) is 28.0 Å². The third-order valence-corrected chi connectivity index (χ3v) is 5.14. The van der Waals surface area contributed by atoms with E-state index in [0.717, 1.165) is 38.3 Å². The zero-order valence-corrected chi connectivity index (χ0v) is 16.6. The Bertz CT molecular complexity index is 804. The van der Waals surface area contributed by atoms with Gasteiger partial charge in [-0.25, -0.2) is 9.97 Å². The van der Waals surface area contributed by atoms with Crippen molar-refractivity contribution in [2.75, 3.05) is 45.2 Å². The van der Waals surface area contributed by atoms with Gasteiger partial charge in [0.15, 0.2) is 0 Å². The molecule has 1 saturated heterocycles. The van der Waals surface area contributed by atoms with Gasteiger partial charge >= 0.3 is 0 Å². The molecule has 1 amide bonds. The molecule has 0 aliphatic carbocycles. The molecule has 2 aromatic rings. The van der Waals surface area contributed by atoms with E-state index >= 15 is 0 Å². The summed E-state index contributed by atoms with van der Waals surface area (Å²) in [6.45, 7) is 8.32. The summed E-state index contributed by atoms with van der Waals surface area (Å²) >= 11 is 6.13. The Balaban J connectivity index is 1.69. The first kappa shape index (κ1) is 19.4. The van der Waals surface area contributed by atoms with Crippen LogP contribution in [0, 0.1) is 6.92 Å². The van der Waals surface area contributed by atoms with Crippen molar-refractivity contribution in [3.05, 3.63) is 40.7 Å². The SMILES string of the molecule is CCN1CCN(C(=O)c2cnc(Nc3cc(C)c(Cl)cc3OC)nc2)CC1. The lowest BCUT2D eigenvalue weighted by atomic mass is 10.2. The lowest BCUT2D eigenvalue weighted by Gasteiger charge is -2.33. The van der Waals surface area contributed by atoms with E-state index in [1.165, 1.54) is 0 Å². The van der Waals surface area contributed by atoms with Crippen LogP contribution < -0.4 is 10.1 Å². The summed E-state index contributed by atoms with van der Waals surface area (Å²) in [7, 11) is 1.58. The summed E-state index contributed by atoms with van der Waals surface area (Å²) in [5.41, 5.74) is 2.12. The molecular weight excluding hydrogens is 366 g/mol. The molecule has 8 heteroatoms. The molecule has 3 rings (SSSR count). The molecule has 0 radical (unpaired) electrons. The van der Waals surface area contributed by atoms with Crippen LogP contribution in [0.3, 0.4) is 0 Å². The predicted octanol–water partition coefficient (Wildman–Crippen LogP) is 2.97. The highest BCUT2D eigenvalue weighted by atomic mass is 35.5. The average molecular weight is 390 g/mol. The second kappa shape index (κ2) is 8.54. The molecular formula is C19H24ClN5O2. The molecule has 0 spiro atoms. The third-order valence-electron chi connectivity index (χ3n) is 4.73. The normalized spacial score (nSPS) is 14.9. The Morgan fingerprint density at radius 3 is 2.48 bits per heavy atom. The first-order valence-electron chi connectivity index (χ1n) is 8.96. The minimum absolute atomic E-state index is 0.0304. The van der Waals surface area contributed by atoms with Crippen molar-refractivity contribution in [3.63, 3.8) is 0 Å². The number of aromatic nitrogens is 2. The zero-order chi connectivity index (χ0) is 19.4. The summed E-state index contributed by atoms with van der Waals surface area (Å²) in [6.07, 6.45) is 3.11. The number of aryl methyl sites for hydroxylation is 1. The number of benzene rings is 1. The van der Waals surface area contributed by atoms with Crippen molar-refractivity contribution in [2.45, 2.75) is 13.8 Å². The molecule has 7 nitrogen and oxygen atoms in total. The minimum Gasteiger partial charge on any atom is -0.495 e. The van der Waals surface area contributed by atoms with Gasteiger partial charge in [-0.1, -0.05) is 18.5 Å². The number of piperazine rings is 1. The highest BCUT2D eigenvalue weighted by Crippen LogP contribution is 2.32. The van der Waals surface area contributed by atoms with E-state index in [1.807, 2.05) is 17.9 Å². The Morgan fingerprint density at radius 1 is 1.22 bits per heavy atom. The average Bonchev–Trinajstić information content (AvgIpc) is 2.70. The number of nitrogens with one attached hydrogen (secondary N) is 1. The Morgan fingerprint density at radius 2 is 1.89 bits per heavy atom. The van der Waals surface area contributed by atoms with E-state index in [1.54, 1.807) is 25.6 Å². The van der Waals surface area contributed by atoms with Gasteiger partial charge in [-0.3, -0.25) is 4.79 Å². The van der Waals surface area contributed by atoms with Crippen molar-refractivity contribution >= 4 is 29.1 Å². The summed E-state index contributed by atoms with van der Waals surface area (Å²) < 4.78 is 5.35. The molecule has 1 N–H and O–H groups in total. The van der Waals surface area contributed by atoms with E-state index < -0.39 is 0 Å². The second-order valence-corrected chi connectivity index (χ2v) is 6.86. The molecule has 0 bridgehead atoms. The van der Waals surface area contributed by atoms with Crippen LogP contribution in [0.5, 0.6) is 5.75 Å². The molecule has 0 saturated carbocycles. The molecule has 144 valence electrons. The third kappa shape index (κ3) is 4.48. The number of ether oxygens (including phenoxy) is 1. The van der Waals surface area contributed by atoms with Crippen LogP contribution in [-0.2, 0) is 0 Å². The van der Waals surface area contributed by atoms with Gasteiger partial charge in [0.1, 0.15) is 5.75 Å². The summed E-state index contributed by atoms with van der Waals surface area (Å²) in [6, 6.07) is 3.61. The number of carbonyl (C=O) groups is 1. The topological polar surface area (TPSA) is 70.6 Å². The van der Waals surface area contributed by atoms with Gasteiger partial charge in [-0.05, 0) is 25.1 Å². The smallest absolute Gasteiger partial charge is 0.257 e. The first-order chi connectivity index (χ1) is 13.0. The van der Waals surface area contributed by atoms with Gasteiger partial charge in [0.25, 0.3) is 5.91 Å². The fraction of sp³-hybridized carbons (Fsp3) is 0.421. The highest BCUT2D eigenvalue weighted by molar-refractivity contribution is 6.31. The van der Waals surface area contributed by atoms with Crippen molar-refractivity contribution < 1.29 is 9.53 Å². The van der Waals surface area contributed by atoms with Crippen molar-refractivity contribution in [1.82, 2.24) is 19.8 Å². The number of methoxy groups -OCH3 is 1. The molecule has 0 unspecified atom stereocenters. The molecule has 27 heavy (non-hydrogen) atoms. The van der Waals surface area contributed by atoms with E-state index in [2.05, 4.69) is 27.1 Å². The number of hydrogen-bond acceptors (Lipinski definition) is 6. The van der Waals surface area contributed by atoms with Crippen molar-refractivity contribution in [2.24, 2.45) is 0 Å². The lowest BCUT2D eigenvalue weighted by Crippen LogP contribution is -2.48. The van der Waals surface area contributed by atoms with Gasteiger partial charge in [0.2, 0.25) is 5.95 Å². The molecule has 1 aliphatic rings. The van der Waals surface area contributed by atoms with Gasteiger partial charge in [0, 0.05) is 49.7 Å². The number of likely N-dealkylation sites (N-methyl/N-ethyl adjacent to an activating group) is 1. The van der Waals surface area contributed by atoms with Crippen molar-refractivity contribution in [1.29, 1.82) is 0 Å². The Kier molecular flexibility index (Phi) is 6.13. The largest absolute Gasteiger partial charge is 0.495 e. The highest BCUT2D eigenvalue weighted by Gasteiger charge is 2.21. The summed E-state index contributed by atoms with van der Waals surface area (Å²) in [5, 5.41) is 3.74. The number of carbonyl (C=O) groups excluding carboxylic acids is 1.